The molecule has 1 saturated heterocycles. The Hall–Kier alpha value is -2.97. The number of hydrogen-bond donors (Lipinski definition) is 0. The third-order valence-electron chi connectivity index (χ3n) is 5.62. The average molecular weight is 439 g/mol. The number of nitrogens with zero attached hydrogens (tertiary/aromatic N) is 4. The van der Waals surface area contributed by atoms with E-state index in [9.17, 15) is 13.2 Å². The Labute approximate surface area is 183 Å². The summed E-state index contributed by atoms with van der Waals surface area (Å²) in [4.78, 5) is 15.0. The van der Waals surface area contributed by atoms with Gasteiger partial charge in [-0.05, 0) is 31.5 Å². The first kappa shape index (κ1) is 21.3. The molecule has 1 amide bonds. The van der Waals surface area contributed by atoms with Crippen LogP contribution < -0.4 is 0 Å². The normalized spacial score (nSPS) is 15.2. The lowest BCUT2D eigenvalue weighted by Crippen LogP contribution is -2.50. The minimum atomic E-state index is -3.42. The van der Waals surface area contributed by atoms with Crippen molar-refractivity contribution < 1.29 is 13.2 Å². The first-order valence-electron chi connectivity index (χ1n) is 10.3. The van der Waals surface area contributed by atoms with Gasteiger partial charge in [0.15, 0.2) is 0 Å². The summed E-state index contributed by atoms with van der Waals surface area (Å²) in [5, 5.41) is 4.56. The lowest BCUT2D eigenvalue weighted by molar-refractivity contribution is 0.0696. The van der Waals surface area contributed by atoms with E-state index >= 15 is 0 Å². The van der Waals surface area contributed by atoms with E-state index in [1.807, 2.05) is 74.5 Å². The topological polar surface area (TPSA) is 75.5 Å². The number of carbonyl (C=O) groups excluding carboxylic acids is 1. The number of rotatable bonds is 5. The van der Waals surface area contributed by atoms with Crippen LogP contribution in [0.4, 0.5) is 0 Å². The molecule has 4 rings (SSSR count). The van der Waals surface area contributed by atoms with E-state index in [1.54, 1.807) is 9.58 Å². The number of carbonyl (C=O) groups is 1. The summed E-state index contributed by atoms with van der Waals surface area (Å²) < 4.78 is 28.8. The standard InChI is InChI=1S/C23H26N4O3S/c1-18-22(19(2)27(24-18)21-11-7-4-8-12-21)23(28)25-13-15-26(16-14-25)31(29,30)17-20-9-5-3-6-10-20/h3-12H,13-17H2,1-2H3. The average Bonchev–Trinajstić information content (AvgIpc) is 3.08. The maximum atomic E-state index is 13.2. The van der Waals surface area contributed by atoms with Crippen LogP contribution in [0.25, 0.3) is 5.69 Å². The van der Waals surface area contributed by atoms with E-state index < -0.39 is 10.0 Å². The van der Waals surface area contributed by atoms with Crippen LogP contribution in [0.3, 0.4) is 0 Å². The summed E-state index contributed by atoms with van der Waals surface area (Å²) in [6, 6.07) is 18.9. The van der Waals surface area contributed by atoms with Crippen LogP contribution in [0.15, 0.2) is 60.7 Å². The maximum Gasteiger partial charge on any atom is 0.257 e. The molecule has 3 aromatic rings. The second-order valence-corrected chi connectivity index (χ2v) is 9.70. The first-order valence-corrected chi connectivity index (χ1v) is 11.9. The molecule has 0 aliphatic carbocycles. The van der Waals surface area contributed by atoms with Gasteiger partial charge in [0.1, 0.15) is 0 Å². The van der Waals surface area contributed by atoms with Crippen LogP contribution in [0.2, 0.25) is 0 Å². The van der Waals surface area contributed by atoms with Gasteiger partial charge in [0.2, 0.25) is 10.0 Å². The molecule has 0 bridgehead atoms. The van der Waals surface area contributed by atoms with Gasteiger partial charge >= 0.3 is 0 Å². The van der Waals surface area contributed by atoms with Gasteiger partial charge in [0, 0.05) is 26.2 Å². The Morgan fingerprint density at radius 3 is 2.10 bits per heavy atom. The molecule has 1 aromatic heterocycles. The SMILES string of the molecule is Cc1nn(-c2ccccc2)c(C)c1C(=O)N1CCN(S(=O)(=O)Cc2ccccc2)CC1. The molecule has 162 valence electrons. The molecule has 0 saturated carbocycles. The highest BCUT2D eigenvalue weighted by Crippen LogP contribution is 2.21. The van der Waals surface area contributed by atoms with Crippen LogP contribution >= 0.6 is 0 Å². The number of aryl methyl sites for hydroxylation is 1. The highest BCUT2D eigenvalue weighted by molar-refractivity contribution is 7.88. The lowest BCUT2D eigenvalue weighted by atomic mass is 10.1. The van der Waals surface area contributed by atoms with Gasteiger partial charge in [0.25, 0.3) is 5.91 Å². The minimum Gasteiger partial charge on any atom is -0.336 e. The smallest absolute Gasteiger partial charge is 0.257 e. The fourth-order valence-corrected chi connectivity index (χ4v) is 5.49. The van der Waals surface area contributed by atoms with Crippen LogP contribution in [0, 0.1) is 13.8 Å². The van der Waals surface area contributed by atoms with Crippen molar-refractivity contribution in [1.82, 2.24) is 19.0 Å². The third-order valence-corrected chi connectivity index (χ3v) is 7.47. The van der Waals surface area contributed by atoms with E-state index in [0.717, 1.165) is 16.9 Å². The van der Waals surface area contributed by atoms with Crippen molar-refractivity contribution in [2.75, 3.05) is 26.2 Å². The molecular formula is C23H26N4O3S. The van der Waals surface area contributed by atoms with E-state index in [2.05, 4.69) is 5.10 Å². The Bertz CT molecular complexity index is 1170. The molecular weight excluding hydrogens is 412 g/mol. The van der Waals surface area contributed by atoms with Crippen molar-refractivity contribution >= 4 is 15.9 Å². The highest BCUT2D eigenvalue weighted by Gasteiger charge is 2.31. The van der Waals surface area contributed by atoms with E-state index in [-0.39, 0.29) is 11.7 Å². The molecule has 0 radical (unpaired) electrons. The Balaban J connectivity index is 1.46. The number of benzene rings is 2. The van der Waals surface area contributed by atoms with Crippen LogP contribution in [0.1, 0.15) is 27.3 Å². The predicted molar refractivity (Wildman–Crippen MR) is 120 cm³/mol. The van der Waals surface area contributed by atoms with Crippen molar-refractivity contribution in [2.24, 2.45) is 0 Å². The van der Waals surface area contributed by atoms with Crippen molar-refractivity contribution in [3.63, 3.8) is 0 Å². The van der Waals surface area contributed by atoms with Crippen LogP contribution in [-0.2, 0) is 15.8 Å². The van der Waals surface area contributed by atoms with Crippen molar-refractivity contribution in [3.8, 4) is 5.69 Å². The molecule has 1 aliphatic heterocycles. The molecule has 1 aliphatic rings. The lowest BCUT2D eigenvalue weighted by Gasteiger charge is -2.34. The van der Waals surface area contributed by atoms with Crippen LogP contribution in [-0.4, -0.2) is 59.5 Å². The number of para-hydroxylation sites is 1. The van der Waals surface area contributed by atoms with E-state index in [1.165, 1.54) is 4.31 Å². The van der Waals surface area contributed by atoms with Gasteiger partial charge in [-0.15, -0.1) is 0 Å². The number of aromatic nitrogens is 2. The van der Waals surface area contributed by atoms with E-state index in [4.69, 9.17) is 0 Å². The van der Waals surface area contributed by atoms with Gasteiger partial charge in [0.05, 0.1) is 28.4 Å². The molecule has 2 heterocycles. The van der Waals surface area contributed by atoms with Gasteiger partial charge < -0.3 is 4.90 Å². The molecule has 2 aromatic carbocycles. The fourth-order valence-electron chi connectivity index (χ4n) is 3.98. The van der Waals surface area contributed by atoms with E-state index in [0.29, 0.717) is 37.4 Å². The minimum absolute atomic E-state index is 0.0240. The Morgan fingerprint density at radius 1 is 0.903 bits per heavy atom. The molecule has 8 heteroatoms. The molecule has 1 fully saturated rings. The van der Waals surface area contributed by atoms with Crippen molar-refractivity contribution in [3.05, 3.63) is 83.2 Å². The zero-order valence-electron chi connectivity index (χ0n) is 17.7. The van der Waals surface area contributed by atoms with Gasteiger partial charge in [-0.2, -0.15) is 9.40 Å². The van der Waals surface area contributed by atoms with Gasteiger partial charge in [-0.1, -0.05) is 48.5 Å². The monoisotopic (exact) mass is 438 g/mol. The zero-order chi connectivity index (χ0) is 22.0. The summed E-state index contributed by atoms with van der Waals surface area (Å²) in [7, 11) is -3.42. The quantitative estimate of drug-likeness (QED) is 0.614. The van der Waals surface area contributed by atoms with Gasteiger partial charge in [-0.3, -0.25) is 4.79 Å². The summed E-state index contributed by atoms with van der Waals surface area (Å²) in [5.41, 5.74) is 3.71. The number of amides is 1. The number of sulfonamides is 1. The Morgan fingerprint density at radius 2 is 1.48 bits per heavy atom. The molecule has 31 heavy (non-hydrogen) atoms. The first-order chi connectivity index (χ1) is 14.9. The van der Waals surface area contributed by atoms with Gasteiger partial charge in [-0.25, -0.2) is 13.1 Å². The maximum absolute atomic E-state index is 13.2. The summed E-state index contributed by atoms with van der Waals surface area (Å²) in [6.07, 6.45) is 0. The molecule has 0 spiro atoms. The number of piperazine rings is 1. The third kappa shape index (κ3) is 4.40. The molecule has 0 atom stereocenters. The van der Waals surface area contributed by atoms with Crippen molar-refractivity contribution in [2.45, 2.75) is 19.6 Å². The summed E-state index contributed by atoms with van der Waals surface area (Å²) in [6.45, 7) is 5.04. The highest BCUT2D eigenvalue weighted by atomic mass is 32.2. The van der Waals surface area contributed by atoms with Crippen LogP contribution in [0.5, 0.6) is 0 Å². The summed E-state index contributed by atoms with van der Waals surface area (Å²) >= 11 is 0. The van der Waals surface area contributed by atoms with Crippen molar-refractivity contribution in [1.29, 1.82) is 0 Å². The Kier molecular flexibility index (Phi) is 5.93. The molecule has 0 N–H and O–H groups in total. The largest absolute Gasteiger partial charge is 0.336 e. The molecule has 7 nitrogen and oxygen atoms in total. The summed E-state index contributed by atoms with van der Waals surface area (Å²) in [5.74, 6) is -0.124. The fraction of sp³-hybridized carbons (Fsp3) is 0.304. The second-order valence-electron chi connectivity index (χ2n) is 7.73. The number of hydrogen-bond acceptors (Lipinski definition) is 4. The second kappa shape index (κ2) is 8.64. The predicted octanol–water partition coefficient (Wildman–Crippen LogP) is 2.78. The molecule has 0 unspecified atom stereocenters. The zero-order valence-corrected chi connectivity index (χ0v) is 18.5.